The van der Waals surface area contributed by atoms with Crippen LogP contribution in [0.15, 0.2) is 29.2 Å². The molecule has 0 radical (unpaired) electrons. The largest absolute Gasteiger partial charge is 0.491 e. The van der Waals surface area contributed by atoms with E-state index in [1.54, 1.807) is 7.05 Å². The Kier molecular flexibility index (Phi) is 2.79. The zero-order valence-electron chi connectivity index (χ0n) is 7.66. The standard InChI is InChI=1S/C8H14N4O/c1-6(7-4-3-5-13-7)12(2)11-8(9)10/h4H,1,3,5H2,2H3,(H4,9,10,11). The van der Waals surface area contributed by atoms with Crippen LogP contribution in [0.2, 0.25) is 0 Å². The second kappa shape index (κ2) is 3.84. The number of hydrazone groups is 1. The van der Waals surface area contributed by atoms with Gasteiger partial charge < -0.3 is 16.2 Å². The molecule has 13 heavy (non-hydrogen) atoms. The molecule has 0 spiro atoms. The molecule has 0 saturated carbocycles. The molecule has 0 saturated heterocycles. The van der Waals surface area contributed by atoms with Crippen molar-refractivity contribution in [3.8, 4) is 0 Å². The van der Waals surface area contributed by atoms with E-state index in [0.29, 0.717) is 12.3 Å². The normalized spacial score (nSPS) is 14.4. The van der Waals surface area contributed by atoms with Crippen molar-refractivity contribution >= 4 is 5.96 Å². The molecular weight excluding hydrogens is 168 g/mol. The van der Waals surface area contributed by atoms with Crippen LogP contribution < -0.4 is 11.5 Å². The number of likely N-dealkylation sites (N-methyl/N-ethyl adjacent to an activating group) is 1. The summed E-state index contributed by atoms with van der Waals surface area (Å²) in [6.45, 7) is 4.50. The molecule has 72 valence electrons. The van der Waals surface area contributed by atoms with E-state index in [0.717, 1.165) is 12.2 Å². The highest BCUT2D eigenvalue weighted by Gasteiger charge is 2.12. The van der Waals surface area contributed by atoms with Crippen molar-refractivity contribution in [3.63, 3.8) is 0 Å². The Morgan fingerprint density at radius 1 is 1.69 bits per heavy atom. The Balaban J connectivity index is 2.62. The van der Waals surface area contributed by atoms with Crippen LogP contribution in [-0.4, -0.2) is 24.6 Å². The van der Waals surface area contributed by atoms with Crippen LogP contribution in [-0.2, 0) is 4.74 Å². The Hall–Kier alpha value is -1.65. The van der Waals surface area contributed by atoms with Crippen molar-refractivity contribution in [2.75, 3.05) is 13.7 Å². The summed E-state index contributed by atoms with van der Waals surface area (Å²) in [6, 6.07) is 0. The van der Waals surface area contributed by atoms with E-state index in [4.69, 9.17) is 16.2 Å². The van der Waals surface area contributed by atoms with Gasteiger partial charge in [-0.15, -0.1) is 5.10 Å². The van der Waals surface area contributed by atoms with E-state index in [1.807, 2.05) is 6.08 Å². The fourth-order valence-electron chi connectivity index (χ4n) is 1.01. The summed E-state index contributed by atoms with van der Waals surface area (Å²) in [7, 11) is 1.71. The monoisotopic (exact) mass is 182 g/mol. The minimum absolute atomic E-state index is 0.00208. The van der Waals surface area contributed by atoms with Gasteiger partial charge in [0.1, 0.15) is 5.76 Å². The van der Waals surface area contributed by atoms with E-state index in [9.17, 15) is 0 Å². The summed E-state index contributed by atoms with van der Waals surface area (Å²) in [5, 5.41) is 5.30. The Bertz CT molecular complexity index is 265. The molecule has 0 unspecified atom stereocenters. The van der Waals surface area contributed by atoms with E-state index in [-0.39, 0.29) is 5.96 Å². The van der Waals surface area contributed by atoms with Gasteiger partial charge in [0, 0.05) is 13.5 Å². The minimum Gasteiger partial charge on any atom is -0.491 e. The number of hydrogen-bond acceptors (Lipinski definition) is 3. The smallest absolute Gasteiger partial charge is 0.209 e. The van der Waals surface area contributed by atoms with E-state index >= 15 is 0 Å². The lowest BCUT2D eigenvalue weighted by molar-refractivity contribution is 0.234. The fourth-order valence-corrected chi connectivity index (χ4v) is 1.01. The quantitative estimate of drug-likeness (QED) is 0.364. The molecule has 1 rings (SSSR count). The molecule has 0 aromatic rings. The maximum absolute atomic E-state index is 5.29. The van der Waals surface area contributed by atoms with Gasteiger partial charge in [-0.05, 0) is 6.08 Å². The second-order valence-electron chi connectivity index (χ2n) is 2.70. The minimum atomic E-state index is 0.00208. The molecular formula is C8H14N4O. The molecule has 0 atom stereocenters. The third-order valence-corrected chi connectivity index (χ3v) is 1.65. The van der Waals surface area contributed by atoms with Crippen LogP contribution in [0.4, 0.5) is 0 Å². The summed E-state index contributed by atoms with van der Waals surface area (Å²) >= 11 is 0. The van der Waals surface area contributed by atoms with Crippen molar-refractivity contribution in [1.82, 2.24) is 5.01 Å². The van der Waals surface area contributed by atoms with Gasteiger partial charge in [-0.25, -0.2) is 0 Å². The number of guanidine groups is 1. The topological polar surface area (TPSA) is 76.9 Å². The number of hydrogen-bond donors (Lipinski definition) is 2. The lowest BCUT2D eigenvalue weighted by Crippen LogP contribution is -2.27. The highest BCUT2D eigenvalue weighted by atomic mass is 16.5. The lowest BCUT2D eigenvalue weighted by Gasteiger charge is -2.16. The fraction of sp³-hybridized carbons (Fsp3) is 0.375. The van der Waals surface area contributed by atoms with E-state index in [1.165, 1.54) is 5.01 Å². The van der Waals surface area contributed by atoms with Gasteiger partial charge in [0.2, 0.25) is 5.96 Å². The molecule has 0 aromatic heterocycles. The number of nitrogens with zero attached hydrogens (tertiary/aromatic N) is 2. The maximum Gasteiger partial charge on any atom is 0.209 e. The first-order valence-electron chi connectivity index (χ1n) is 3.97. The zero-order valence-corrected chi connectivity index (χ0v) is 7.66. The molecule has 5 heteroatoms. The average molecular weight is 182 g/mol. The van der Waals surface area contributed by atoms with Gasteiger partial charge in [-0.1, -0.05) is 6.58 Å². The first-order valence-corrected chi connectivity index (χ1v) is 3.97. The predicted molar refractivity (Wildman–Crippen MR) is 51.4 cm³/mol. The first kappa shape index (κ1) is 9.44. The molecule has 0 fully saturated rings. The molecule has 1 aliphatic heterocycles. The third-order valence-electron chi connectivity index (χ3n) is 1.65. The van der Waals surface area contributed by atoms with Crippen molar-refractivity contribution in [2.24, 2.45) is 16.6 Å². The number of rotatable bonds is 3. The van der Waals surface area contributed by atoms with Crippen LogP contribution in [0.5, 0.6) is 0 Å². The molecule has 1 heterocycles. The van der Waals surface area contributed by atoms with Gasteiger partial charge >= 0.3 is 0 Å². The SMILES string of the molecule is C=C(C1=CCCO1)N(C)N=C(N)N. The summed E-state index contributed by atoms with van der Waals surface area (Å²) in [6.07, 6.45) is 2.87. The highest BCUT2D eigenvalue weighted by Crippen LogP contribution is 2.18. The van der Waals surface area contributed by atoms with E-state index < -0.39 is 0 Å². The Morgan fingerprint density at radius 3 is 2.85 bits per heavy atom. The molecule has 0 aromatic carbocycles. The zero-order chi connectivity index (χ0) is 9.84. The summed E-state index contributed by atoms with van der Waals surface area (Å²) in [5.41, 5.74) is 11.1. The highest BCUT2D eigenvalue weighted by molar-refractivity contribution is 5.75. The summed E-state index contributed by atoms with van der Waals surface area (Å²) in [4.78, 5) is 0. The van der Waals surface area contributed by atoms with E-state index in [2.05, 4.69) is 11.7 Å². The molecule has 0 aliphatic carbocycles. The molecule has 4 N–H and O–H groups in total. The second-order valence-corrected chi connectivity index (χ2v) is 2.70. The Morgan fingerprint density at radius 2 is 2.38 bits per heavy atom. The van der Waals surface area contributed by atoms with Crippen molar-refractivity contribution in [3.05, 3.63) is 24.1 Å². The van der Waals surface area contributed by atoms with Gasteiger partial charge in [-0.2, -0.15) is 0 Å². The lowest BCUT2D eigenvalue weighted by atomic mass is 10.3. The first-order chi connectivity index (χ1) is 6.11. The molecule has 0 amide bonds. The predicted octanol–water partition coefficient (Wildman–Crippen LogP) is -0.0755. The van der Waals surface area contributed by atoms with Crippen molar-refractivity contribution in [2.45, 2.75) is 6.42 Å². The molecule has 0 bridgehead atoms. The van der Waals surface area contributed by atoms with Gasteiger partial charge in [-0.3, -0.25) is 5.01 Å². The van der Waals surface area contributed by atoms with Crippen molar-refractivity contribution in [1.29, 1.82) is 0 Å². The van der Waals surface area contributed by atoms with Gasteiger partial charge in [0.15, 0.2) is 0 Å². The van der Waals surface area contributed by atoms with Crippen LogP contribution in [0.1, 0.15) is 6.42 Å². The van der Waals surface area contributed by atoms with Crippen LogP contribution >= 0.6 is 0 Å². The molecule has 1 aliphatic rings. The van der Waals surface area contributed by atoms with Gasteiger partial charge in [0.05, 0.1) is 12.3 Å². The van der Waals surface area contributed by atoms with Crippen LogP contribution in [0.3, 0.4) is 0 Å². The summed E-state index contributed by atoms with van der Waals surface area (Å²) in [5.74, 6) is 0.745. The van der Waals surface area contributed by atoms with Crippen LogP contribution in [0.25, 0.3) is 0 Å². The number of nitrogens with two attached hydrogens (primary N) is 2. The maximum atomic E-state index is 5.29. The average Bonchev–Trinajstić information content (AvgIpc) is 2.53. The van der Waals surface area contributed by atoms with Crippen molar-refractivity contribution < 1.29 is 4.74 Å². The Labute approximate surface area is 77.3 Å². The third kappa shape index (κ3) is 2.40. The molecule has 5 nitrogen and oxygen atoms in total. The van der Waals surface area contributed by atoms with Crippen LogP contribution in [0, 0.1) is 0 Å². The number of ether oxygens (including phenoxy) is 1. The van der Waals surface area contributed by atoms with Gasteiger partial charge in [0.25, 0.3) is 0 Å². The summed E-state index contributed by atoms with van der Waals surface area (Å²) < 4.78 is 5.29.